The monoisotopic (exact) mass is 310 g/mol. The Morgan fingerprint density at radius 3 is 2.57 bits per heavy atom. The minimum Gasteiger partial charge on any atom is -0.375 e. The lowest BCUT2D eigenvalue weighted by atomic mass is 10.2. The van der Waals surface area contributed by atoms with E-state index in [0.29, 0.717) is 16.4 Å². The van der Waals surface area contributed by atoms with Crippen molar-refractivity contribution in [3.63, 3.8) is 0 Å². The standard InChI is InChI=1S/C13H9ClF2N4O/c1-19(2)11-6-18-20(13(21)12(11)14)10-4-8(15)7(5-17)3-9(10)16/h3-4,6H,1-2H3. The second-order valence-corrected chi connectivity index (χ2v) is 4.73. The largest absolute Gasteiger partial charge is 0.375 e. The summed E-state index contributed by atoms with van der Waals surface area (Å²) in [6, 6.07) is 2.94. The fourth-order valence-corrected chi connectivity index (χ4v) is 1.99. The highest BCUT2D eigenvalue weighted by atomic mass is 35.5. The molecule has 0 aliphatic carbocycles. The maximum absolute atomic E-state index is 13.9. The van der Waals surface area contributed by atoms with E-state index >= 15 is 0 Å². The molecule has 1 heterocycles. The minimum atomic E-state index is -0.949. The van der Waals surface area contributed by atoms with Crippen LogP contribution in [0.5, 0.6) is 0 Å². The van der Waals surface area contributed by atoms with Gasteiger partial charge in [0.2, 0.25) is 0 Å². The summed E-state index contributed by atoms with van der Waals surface area (Å²) < 4.78 is 28.1. The summed E-state index contributed by atoms with van der Waals surface area (Å²) in [5.41, 5.74) is -1.30. The predicted octanol–water partition coefficient (Wildman–Crippen LogP) is 2.10. The van der Waals surface area contributed by atoms with Crippen molar-refractivity contribution in [2.24, 2.45) is 0 Å². The normalized spacial score (nSPS) is 10.3. The Labute approximate surface area is 123 Å². The molecule has 5 nitrogen and oxygen atoms in total. The molecular weight excluding hydrogens is 302 g/mol. The van der Waals surface area contributed by atoms with Crippen molar-refractivity contribution >= 4 is 17.3 Å². The number of nitrogens with zero attached hydrogens (tertiary/aromatic N) is 4. The van der Waals surface area contributed by atoms with Gasteiger partial charge in [-0.1, -0.05) is 11.6 Å². The van der Waals surface area contributed by atoms with Crippen molar-refractivity contribution in [1.29, 1.82) is 5.26 Å². The van der Waals surface area contributed by atoms with Gasteiger partial charge >= 0.3 is 0 Å². The number of benzene rings is 1. The van der Waals surface area contributed by atoms with Crippen LogP contribution in [0.25, 0.3) is 5.69 Å². The van der Waals surface area contributed by atoms with Crippen molar-refractivity contribution in [2.75, 3.05) is 19.0 Å². The van der Waals surface area contributed by atoms with E-state index in [-0.39, 0.29) is 5.02 Å². The lowest BCUT2D eigenvalue weighted by Gasteiger charge is -2.15. The molecule has 0 aliphatic heterocycles. The van der Waals surface area contributed by atoms with Crippen molar-refractivity contribution < 1.29 is 8.78 Å². The molecular formula is C13H9ClF2N4O. The molecule has 0 spiro atoms. The number of halogens is 3. The van der Waals surface area contributed by atoms with Crippen molar-refractivity contribution in [1.82, 2.24) is 9.78 Å². The Morgan fingerprint density at radius 1 is 1.33 bits per heavy atom. The van der Waals surface area contributed by atoms with Gasteiger partial charge in [0, 0.05) is 20.2 Å². The highest BCUT2D eigenvalue weighted by Gasteiger charge is 2.17. The Kier molecular flexibility index (Phi) is 3.91. The Morgan fingerprint density at radius 2 is 2.00 bits per heavy atom. The molecule has 21 heavy (non-hydrogen) atoms. The molecule has 0 bridgehead atoms. The van der Waals surface area contributed by atoms with E-state index in [1.807, 2.05) is 0 Å². The third-order valence-electron chi connectivity index (χ3n) is 2.77. The van der Waals surface area contributed by atoms with Crippen LogP contribution < -0.4 is 10.5 Å². The second kappa shape index (κ2) is 5.50. The number of aromatic nitrogens is 2. The van der Waals surface area contributed by atoms with Crippen LogP contribution >= 0.6 is 11.6 Å². The average molecular weight is 311 g/mol. The summed E-state index contributed by atoms with van der Waals surface area (Å²) >= 11 is 5.91. The van der Waals surface area contributed by atoms with Crippen LogP contribution in [0.1, 0.15) is 5.56 Å². The van der Waals surface area contributed by atoms with Gasteiger partial charge in [-0.15, -0.1) is 0 Å². The van der Waals surface area contributed by atoms with E-state index in [1.165, 1.54) is 12.3 Å². The maximum atomic E-state index is 13.9. The van der Waals surface area contributed by atoms with E-state index in [2.05, 4.69) is 5.10 Å². The molecule has 2 rings (SSSR count). The molecule has 2 aromatic rings. The molecule has 0 atom stereocenters. The first-order valence-electron chi connectivity index (χ1n) is 5.71. The van der Waals surface area contributed by atoms with Crippen molar-refractivity contribution in [3.05, 3.63) is 50.9 Å². The van der Waals surface area contributed by atoms with Crippen LogP contribution in [0, 0.1) is 23.0 Å². The molecule has 0 fully saturated rings. The lowest BCUT2D eigenvalue weighted by Crippen LogP contribution is -2.25. The summed E-state index contributed by atoms with van der Waals surface area (Å²) in [6.07, 6.45) is 1.26. The van der Waals surface area contributed by atoms with Crippen LogP contribution in [0.15, 0.2) is 23.1 Å². The topological polar surface area (TPSA) is 61.9 Å². The molecule has 0 saturated heterocycles. The highest BCUT2D eigenvalue weighted by Crippen LogP contribution is 2.21. The number of rotatable bonds is 2. The van der Waals surface area contributed by atoms with Gasteiger partial charge in [-0.2, -0.15) is 15.0 Å². The van der Waals surface area contributed by atoms with Crippen LogP contribution in [-0.2, 0) is 0 Å². The average Bonchev–Trinajstić information content (AvgIpc) is 2.43. The van der Waals surface area contributed by atoms with Crippen LogP contribution in [-0.4, -0.2) is 23.9 Å². The molecule has 1 aromatic carbocycles. The summed E-state index contributed by atoms with van der Waals surface area (Å²) in [5.74, 6) is -1.90. The molecule has 0 N–H and O–H groups in total. The molecule has 0 aliphatic rings. The first-order valence-corrected chi connectivity index (χ1v) is 6.09. The van der Waals surface area contributed by atoms with Crippen LogP contribution in [0.4, 0.5) is 14.5 Å². The van der Waals surface area contributed by atoms with E-state index in [0.717, 1.165) is 6.07 Å². The van der Waals surface area contributed by atoms with E-state index in [1.54, 1.807) is 19.0 Å². The van der Waals surface area contributed by atoms with Gasteiger partial charge in [-0.3, -0.25) is 4.79 Å². The molecule has 0 unspecified atom stereocenters. The summed E-state index contributed by atoms with van der Waals surface area (Å²) in [7, 11) is 3.32. The fraction of sp³-hybridized carbons (Fsp3) is 0.154. The number of nitriles is 1. The maximum Gasteiger partial charge on any atom is 0.292 e. The van der Waals surface area contributed by atoms with Crippen LogP contribution in [0.2, 0.25) is 5.02 Å². The van der Waals surface area contributed by atoms with Gasteiger partial charge in [0.25, 0.3) is 5.56 Å². The van der Waals surface area contributed by atoms with Gasteiger partial charge < -0.3 is 4.90 Å². The Hall–Kier alpha value is -2.46. The van der Waals surface area contributed by atoms with Gasteiger partial charge in [0.15, 0.2) is 5.82 Å². The molecule has 0 radical (unpaired) electrons. The van der Waals surface area contributed by atoms with Crippen LogP contribution in [0.3, 0.4) is 0 Å². The third kappa shape index (κ3) is 2.58. The Balaban J connectivity index is 2.70. The minimum absolute atomic E-state index is 0.167. The molecule has 8 heteroatoms. The second-order valence-electron chi connectivity index (χ2n) is 4.35. The van der Waals surface area contributed by atoms with E-state index < -0.39 is 28.4 Å². The molecule has 108 valence electrons. The highest BCUT2D eigenvalue weighted by molar-refractivity contribution is 6.33. The van der Waals surface area contributed by atoms with E-state index in [4.69, 9.17) is 16.9 Å². The summed E-state index contributed by atoms with van der Waals surface area (Å²) in [5, 5.41) is 12.2. The molecule has 0 saturated carbocycles. The fourth-order valence-electron chi connectivity index (χ4n) is 1.69. The quantitative estimate of drug-likeness (QED) is 0.852. The molecule has 0 amide bonds. The SMILES string of the molecule is CN(C)c1cnn(-c2cc(F)c(C#N)cc2F)c(=O)c1Cl. The number of hydrogen-bond donors (Lipinski definition) is 0. The zero-order chi connectivity index (χ0) is 15.7. The lowest BCUT2D eigenvalue weighted by molar-refractivity contribution is 0.580. The first kappa shape index (κ1) is 14.9. The van der Waals surface area contributed by atoms with Crippen molar-refractivity contribution in [2.45, 2.75) is 0 Å². The molecule has 1 aromatic heterocycles. The Bertz CT molecular complexity index is 811. The first-order chi connectivity index (χ1) is 9.86. The number of anilines is 1. The van der Waals surface area contributed by atoms with Gasteiger partial charge in [-0.05, 0) is 6.07 Å². The number of hydrogen-bond acceptors (Lipinski definition) is 4. The zero-order valence-corrected chi connectivity index (χ0v) is 11.8. The van der Waals surface area contributed by atoms with E-state index in [9.17, 15) is 13.6 Å². The summed E-state index contributed by atoms with van der Waals surface area (Å²) in [6.45, 7) is 0. The predicted molar refractivity (Wildman–Crippen MR) is 73.8 cm³/mol. The van der Waals surface area contributed by atoms with Gasteiger partial charge in [0.1, 0.15) is 22.6 Å². The zero-order valence-electron chi connectivity index (χ0n) is 11.1. The van der Waals surface area contributed by atoms with Crippen molar-refractivity contribution in [3.8, 4) is 11.8 Å². The third-order valence-corrected chi connectivity index (χ3v) is 3.12. The van der Waals surface area contributed by atoms with Gasteiger partial charge in [-0.25, -0.2) is 8.78 Å². The summed E-state index contributed by atoms with van der Waals surface area (Å²) in [4.78, 5) is 13.7. The van der Waals surface area contributed by atoms with Gasteiger partial charge in [0.05, 0.1) is 17.4 Å². The smallest absolute Gasteiger partial charge is 0.292 e.